The quantitative estimate of drug-likeness (QED) is 0.350. The van der Waals surface area contributed by atoms with Gasteiger partial charge in [0.25, 0.3) is 5.91 Å². The molecule has 152 valence electrons. The van der Waals surface area contributed by atoms with E-state index in [0.717, 1.165) is 55.7 Å². The maximum atomic E-state index is 12.4. The first-order chi connectivity index (χ1) is 13.4. The third-order valence-corrected chi connectivity index (χ3v) is 5.05. The van der Waals surface area contributed by atoms with Crippen molar-refractivity contribution in [3.8, 4) is 6.07 Å². The molecule has 1 aromatic heterocycles. The van der Waals surface area contributed by atoms with E-state index in [1.165, 1.54) is 0 Å². The predicted molar refractivity (Wildman–Crippen MR) is 108 cm³/mol. The standard InChI is InChI=1S/C22H31N3O3/c1-5-9-24(14-18-7-8-18)21(26)15-28-22(27)20(13-23)12-19-11-16(3)25(10-6-2)17(19)4/h11-12,18H,5-10,14-15H2,1-4H3/b20-12+. The van der Waals surface area contributed by atoms with E-state index in [9.17, 15) is 14.9 Å². The van der Waals surface area contributed by atoms with E-state index in [4.69, 9.17) is 4.74 Å². The summed E-state index contributed by atoms with van der Waals surface area (Å²) >= 11 is 0. The average Bonchev–Trinajstić information content (AvgIpc) is 3.45. The van der Waals surface area contributed by atoms with Crippen LogP contribution in [0.15, 0.2) is 11.6 Å². The lowest BCUT2D eigenvalue weighted by Crippen LogP contribution is -2.36. The van der Waals surface area contributed by atoms with Gasteiger partial charge in [0.05, 0.1) is 0 Å². The number of esters is 1. The van der Waals surface area contributed by atoms with Gasteiger partial charge in [-0.15, -0.1) is 0 Å². The Hall–Kier alpha value is -2.55. The molecule has 0 radical (unpaired) electrons. The lowest BCUT2D eigenvalue weighted by molar-refractivity contribution is -0.148. The zero-order valence-electron chi connectivity index (χ0n) is 17.5. The fourth-order valence-corrected chi connectivity index (χ4v) is 3.33. The molecule has 0 aromatic carbocycles. The van der Waals surface area contributed by atoms with Crippen LogP contribution in [-0.4, -0.2) is 41.0 Å². The van der Waals surface area contributed by atoms with Crippen LogP contribution in [0.4, 0.5) is 0 Å². The van der Waals surface area contributed by atoms with Gasteiger partial charge in [0, 0.05) is 31.0 Å². The van der Waals surface area contributed by atoms with Crippen molar-refractivity contribution in [2.75, 3.05) is 19.7 Å². The number of rotatable bonds is 10. The molecule has 1 fully saturated rings. The highest BCUT2D eigenvalue weighted by Crippen LogP contribution is 2.29. The number of hydrogen-bond acceptors (Lipinski definition) is 4. The minimum Gasteiger partial charge on any atom is -0.451 e. The van der Waals surface area contributed by atoms with Crippen LogP contribution in [0.2, 0.25) is 0 Å². The summed E-state index contributed by atoms with van der Waals surface area (Å²) in [5.41, 5.74) is 2.83. The zero-order valence-corrected chi connectivity index (χ0v) is 17.5. The first-order valence-electron chi connectivity index (χ1n) is 10.1. The molecule has 1 aliphatic carbocycles. The van der Waals surface area contributed by atoms with E-state index in [2.05, 4.69) is 11.5 Å². The molecule has 0 saturated heterocycles. The summed E-state index contributed by atoms with van der Waals surface area (Å²) in [7, 11) is 0. The SMILES string of the molecule is CCCN(CC1CC1)C(=O)COC(=O)/C(C#N)=C/c1cc(C)n(CCC)c1C. The molecule has 1 saturated carbocycles. The average molecular weight is 386 g/mol. The Labute approximate surface area is 167 Å². The van der Waals surface area contributed by atoms with Crippen LogP contribution >= 0.6 is 0 Å². The summed E-state index contributed by atoms with van der Waals surface area (Å²) < 4.78 is 7.32. The van der Waals surface area contributed by atoms with E-state index in [1.54, 1.807) is 11.0 Å². The summed E-state index contributed by atoms with van der Waals surface area (Å²) in [5.74, 6) is -0.362. The minimum atomic E-state index is -0.751. The second-order valence-electron chi connectivity index (χ2n) is 7.51. The van der Waals surface area contributed by atoms with E-state index in [1.807, 2.05) is 32.9 Å². The van der Waals surface area contributed by atoms with Gasteiger partial charge >= 0.3 is 5.97 Å². The molecule has 1 aliphatic rings. The van der Waals surface area contributed by atoms with Crippen molar-refractivity contribution in [1.82, 2.24) is 9.47 Å². The molecule has 6 nitrogen and oxygen atoms in total. The number of hydrogen-bond donors (Lipinski definition) is 0. The number of nitriles is 1. The summed E-state index contributed by atoms with van der Waals surface area (Å²) in [4.78, 5) is 26.5. The molecule has 0 bridgehead atoms. The summed E-state index contributed by atoms with van der Waals surface area (Å²) in [6.07, 6.45) is 5.73. The number of aryl methyl sites for hydroxylation is 1. The van der Waals surface area contributed by atoms with Crippen LogP contribution in [0.25, 0.3) is 6.08 Å². The molecular formula is C22H31N3O3. The summed E-state index contributed by atoms with van der Waals surface area (Å²) in [6, 6.07) is 3.87. The Morgan fingerprint density at radius 3 is 2.61 bits per heavy atom. The third kappa shape index (κ3) is 5.72. The number of nitrogens with zero attached hydrogens (tertiary/aromatic N) is 3. The molecule has 0 atom stereocenters. The lowest BCUT2D eigenvalue weighted by Gasteiger charge is -2.21. The number of aromatic nitrogens is 1. The van der Waals surface area contributed by atoms with Crippen LogP contribution in [0.5, 0.6) is 0 Å². The molecule has 1 aromatic rings. The number of ether oxygens (including phenoxy) is 1. The molecule has 0 spiro atoms. The lowest BCUT2D eigenvalue weighted by atomic mass is 10.1. The van der Waals surface area contributed by atoms with Crippen molar-refractivity contribution in [1.29, 1.82) is 5.26 Å². The van der Waals surface area contributed by atoms with Gasteiger partial charge in [0.15, 0.2) is 6.61 Å². The fraction of sp³-hybridized carbons (Fsp3) is 0.591. The number of carbonyl (C=O) groups is 2. The Morgan fingerprint density at radius 2 is 2.04 bits per heavy atom. The topological polar surface area (TPSA) is 75.3 Å². The Morgan fingerprint density at radius 1 is 1.32 bits per heavy atom. The van der Waals surface area contributed by atoms with Crippen molar-refractivity contribution < 1.29 is 14.3 Å². The first kappa shape index (κ1) is 21.7. The van der Waals surface area contributed by atoms with Gasteiger partial charge in [-0.2, -0.15) is 5.26 Å². The van der Waals surface area contributed by atoms with E-state index >= 15 is 0 Å². The maximum absolute atomic E-state index is 12.4. The van der Waals surface area contributed by atoms with Gasteiger partial charge < -0.3 is 14.2 Å². The fourth-order valence-electron chi connectivity index (χ4n) is 3.33. The monoisotopic (exact) mass is 385 g/mol. The van der Waals surface area contributed by atoms with Crippen LogP contribution in [0.3, 0.4) is 0 Å². The molecular weight excluding hydrogens is 354 g/mol. The predicted octanol–water partition coefficient (Wildman–Crippen LogP) is 3.61. The molecule has 0 N–H and O–H groups in total. The molecule has 0 unspecified atom stereocenters. The number of amides is 1. The van der Waals surface area contributed by atoms with Gasteiger partial charge in [0.1, 0.15) is 11.6 Å². The van der Waals surface area contributed by atoms with Gasteiger partial charge in [-0.25, -0.2) is 4.79 Å². The normalized spacial score (nSPS) is 13.9. The highest BCUT2D eigenvalue weighted by atomic mass is 16.5. The zero-order chi connectivity index (χ0) is 20.7. The molecule has 0 aliphatic heterocycles. The molecule has 6 heteroatoms. The molecule has 2 rings (SSSR count). The van der Waals surface area contributed by atoms with E-state index < -0.39 is 5.97 Å². The molecule has 1 amide bonds. The first-order valence-corrected chi connectivity index (χ1v) is 10.1. The van der Waals surface area contributed by atoms with Crippen molar-refractivity contribution in [2.24, 2.45) is 5.92 Å². The number of carbonyl (C=O) groups excluding carboxylic acids is 2. The maximum Gasteiger partial charge on any atom is 0.349 e. The Bertz CT molecular complexity index is 782. The van der Waals surface area contributed by atoms with E-state index in [-0.39, 0.29) is 18.1 Å². The second kappa shape index (κ2) is 10.1. The van der Waals surface area contributed by atoms with Gasteiger partial charge in [-0.05, 0) is 63.2 Å². The molecule has 1 heterocycles. The van der Waals surface area contributed by atoms with Crippen molar-refractivity contribution in [3.05, 3.63) is 28.6 Å². The highest BCUT2D eigenvalue weighted by Gasteiger charge is 2.27. The third-order valence-electron chi connectivity index (χ3n) is 5.05. The summed E-state index contributed by atoms with van der Waals surface area (Å²) in [6.45, 7) is 10.1. The minimum absolute atomic E-state index is 0.0891. The van der Waals surface area contributed by atoms with E-state index in [0.29, 0.717) is 12.5 Å². The van der Waals surface area contributed by atoms with Crippen LogP contribution in [0, 0.1) is 31.1 Å². The molecule has 28 heavy (non-hydrogen) atoms. The Kier molecular flexibility index (Phi) is 7.86. The smallest absolute Gasteiger partial charge is 0.349 e. The Balaban J connectivity index is 2.03. The highest BCUT2D eigenvalue weighted by molar-refractivity contribution is 5.99. The van der Waals surface area contributed by atoms with Gasteiger partial charge in [-0.3, -0.25) is 4.79 Å². The van der Waals surface area contributed by atoms with Crippen molar-refractivity contribution >= 4 is 18.0 Å². The van der Waals surface area contributed by atoms with Crippen LogP contribution in [0.1, 0.15) is 56.5 Å². The van der Waals surface area contributed by atoms with Gasteiger partial charge in [0.2, 0.25) is 0 Å². The summed E-state index contributed by atoms with van der Waals surface area (Å²) in [5, 5.41) is 9.39. The van der Waals surface area contributed by atoms with Gasteiger partial charge in [-0.1, -0.05) is 13.8 Å². The van der Waals surface area contributed by atoms with Crippen molar-refractivity contribution in [3.63, 3.8) is 0 Å². The second-order valence-corrected chi connectivity index (χ2v) is 7.51. The van der Waals surface area contributed by atoms with Crippen LogP contribution in [-0.2, 0) is 20.9 Å². The largest absolute Gasteiger partial charge is 0.451 e. The van der Waals surface area contributed by atoms with Crippen molar-refractivity contribution in [2.45, 2.75) is 59.9 Å². The van der Waals surface area contributed by atoms with Crippen LogP contribution < -0.4 is 0 Å².